The van der Waals surface area contributed by atoms with E-state index in [9.17, 15) is 0 Å². The smallest absolute Gasteiger partial charge is 0.256 e. The van der Waals surface area contributed by atoms with Gasteiger partial charge in [-0.2, -0.15) is 0 Å². The Morgan fingerprint density at radius 3 is 1.62 bits per heavy atom. The molecule has 0 atom stereocenters. The van der Waals surface area contributed by atoms with Crippen LogP contribution in [0.2, 0.25) is 0 Å². The van der Waals surface area contributed by atoms with Crippen molar-refractivity contribution in [1.29, 1.82) is 0 Å². The molecule has 14 rings (SSSR count). The molecule has 9 aromatic carbocycles. The summed E-state index contributed by atoms with van der Waals surface area (Å²) in [6, 6.07) is 65.2. The van der Waals surface area contributed by atoms with Gasteiger partial charge in [-0.3, -0.25) is 0 Å². The molecule has 2 aliphatic rings. The maximum atomic E-state index is 7.46. The molecule has 0 saturated carbocycles. The Balaban J connectivity index is 1.04. The van der Waals surface area contributed by atoms with E-state index < -0.39 is 0 Å². The first-order valence-corrected chi connectivity index (χ1v) is 28.3. The van der Waals surface area contributed by atoms with Crippen molar-refractivity contribution in [2.75, 3.05) is 4.90 Å². The predicted octanol–water partition coefficient (Wildman–Crippen LogP) is 17.9. The lowest BCUT2D eigenvalue weighted by Crippen LogP contribution is -2.59. The molecule has 0 spiro atoms. The van der Waals surface area contributed by atoms with Gasteiger partial charge in [-0.1, -0.05) is 155 Å². The van der Waals surface area contributed by atoms with Gasteiger partial charge in [0.05, 0.1) is 27.8 Å². The van der Waals surface area contributed by atoms with Crippen molar-refractivity contribution in [3.8, 4) is 22.9 Å². The van der Waals surface area contributed by atoms with Crippen molar-refractivity contribution in [2.24, 2.45) is 0 Å². The second-order valence-corrected chi connectivity index (χ2v) is 25.9. The number of para-hydroxylation sites is 2. The highest BCUT2D eigenvalue weighted by molar-refractivity contribution is 7.25. The van der Waals surface area contributed by atoms with E-state index in [0.29, 0.717) is 0 Å². The number of hydrogen-bond donors (Lipinski definition) is 0. The molecule has 4 nitrogen and oxygen atoms in total. The van der Waals surface area contributed by atoms with E-state index in [1.165, 1.54) is 119 Å². The Morgan fingerprint density at radius 2 is 1.00 bits per heavy atom. The highest BCUT2D eigenvalue weighted by Crippen LogP contribution is 2.49. The Bertz CT molecular complexity index is 4390. The zero-order chi connectivity index (χ0) is 52.2. The van der Waals surface area contributed by atoms with Crippen LogP contribution in [0.1, 0.15) is 104 Å². The van der Waals surface area contributed by atoms with Crippen LogP contribution in [0.4, 0.5) is 17.1 Å². The fraction of sp³-hybridized carbons (Fsp3) is 0.229. The minimum atomic E-state index is -0.162. The number of rotatable bonds is 6. The second kappa shape index (κ2) is 16.7. The third-order valence-electron chi connectivity index (χ3n) is 16.8. The summed E-state index contributed by atoms with van der Waals surface area (Å²) < 4.78 is 15.0. The van der Waals surface area contributed by atoms with Crippen LogP contribution in [0.3, 0.4) is 0 Å². The Hall–Kier alpha value is -7.54. The van der Waals surface area contributed by atoms with E-state index >= 15 is 0 Å². The molecule has 0 unspecified atom stereocenters. The van der Waals surface area contributed by atoms with Crippen LogP contribution in [0, 0.1) is 0 Å². The standard InChI is InChI=1S/C70H64BN3OS/c1-11-12-19-42-34-53-50-22-15-18-25-65(50)76-66(53)41-60(42)74-61-39-46(72-56-23-16-13-20-48(56)51-35-43(68(2,3)4)26-32-58(51)72)28-30-54(61)71-55-31-29-47(40-63(55)75-64-38-45(70(8,9)10)37-62(74)67(64)71)73-57-24-17-14-21-49(57)52-36-44(69(5,6)7)27-33-59(52)73/h13-18,20-41H,11-12,19H2,1-10H3. The lowest BCUT2D eigenvalue weighted by molar-refractivity contribution is 0.483. The molecule has 0 aliphatic carbocycles. The van der Waals surface area contributed by atoms with Gasteiger partial charge in [0.25, 0.3) is 6.71 Å². The van der Waals surface area contributed by atoms with Crippen LogP contribution in [0.5, 0.6) is 11.5 Å². The van der Waals surface area contributed by atoms with Crippen molar-refractivity contribution in [2.45, 2.75) is 105 Å². The number of aryl methyl sites for hydroxylation is 1. The van der Waals surface area contributed by atoms with Crippen molar-refractivity contribution in [3.05, 3.63) is 192 Å². The summed E-state index contributed by atoms with van der Waals surface area (Å²) in [6.45, 7) is 23.1. The first-order chi connectivity index (χ1) is 36.5. The molecule has 0 fully saturated rings. The van der Waals surface area contributed by atoms with Crippen LogP contribution in [-0.2, 0) is 22.7 Å². The first-order valence-electron chi connectivity index (χ1n) is 27.5. The maximum absolute atomic E-state index is 7.46. The zero-order valence-corrected chi connectivity index (χ0v) is 46.3. The van der Waals surface area contributed by atoms with Gasteiger partial charge in [0.2, 0.25) is 0 Å². The normalized spacial score (nSPS) is 13.6. The van der Waals surface area contributed by atoms with Crippen LogP contribution in [-0.4, -0.2) is 15.8 Å². The van der Waals surface area contributed by atoms with E-state index in [0.717, 1.165) is 42.1 Å². The van der Waals surface area contributed by atoms with Crippen molar-refractivity contribution in [3.63, 3.8) is 0 Å². The molecule has 0 amide bonds. The Morgan fingerprint density at radius 1 is 0.434 bits per heavy atom. The highest BCUT2D eigenvalue weighted by Gasteiger charge is 2.44. The zero-order valence-electron chi connectivity index (χ0n) is 45.5. The predicted molar refractivity (Wildman–Crippen MR) is 329 cm³/mol. The highest BCUT2D eigenvalue weighted by atomic mass is 32.1. The molecule has 3 aromatic heterocycles. The van der Waals surface area contributed by atoms with Gasteiger partial charge < -0.3 is 18.8 Å². The van der Waals surface area contributed by atoms with Crippen LogP contribution in [0.15, 0.2) is 170 Å². The number of ether oxygens (including phenoxy) is 1. The van der Waals surface area contributed by atoms with Gasteiger partial charge in [0.1, 0.15) is 11.5 Å². The second-order valence-electron chi connectivity index (χ2n) is 24.8. The van der Waals surface area contributed by atoms with E-state index in [1.54, 1.807) is 0 Å². The average Bonchev–Trinajstić information content (AvgIpc) is 4.07. The largest absolute Gasteiger partial charge is 0.458 e. The van der Waals surface area contributed by atoms with Gasteiger partial charge in [-0.15, -0.1) is 11.3 Å². The number of nitrogens with zero attached hydrogens (tertiary/aromatic N) is 3. The van der Waals surface area contributed by atoms with E-state index in [-0.39, 0.29) is 23.0 Å². The lowest BCUT2D eigenvalue weighted by Gasteiger charge is -2.42. The van der Waals surface area contributed by atoms with Crippen LogP contribution < -0.4 is 26.0 Å². The summed E-state index contributed by atoms with van der Waals surface area (Å²) in [5, 5.41) is 7.76. The molecule has 2 aliphatic heterocycles. The Labute approximate surface area is 451 Å². The number of aromatic nitrogens is 2. The summed E-state index contributed by atoms with van der Waals surface area (Å²) in [5.74, 6) is 1.84. The lowest BCUT2D eigenvalue weighted by atomic mass is 9.34. The molecule has 76 heavy (non-hydrogen) atoms. The fourth-order valence-corrected chi connectivity index (χ4v) is 13.8. The minimum Gasteiger partial charge on any atom is -0.458 e. The Kier molecular flexibility index (Phi) is 10.3. The number of unbranched alkanes of at least 4 members (excludes halogenated alkanes) is 1. The quantitative estimate of drug-likeness (QED) is 0.155. The van der Waals surface area contributed by atoms with E-state index in [2.05, 4.69) is 253 Å². The first kappa shape index (κ1) is 47.0. The van der Waals surface area contributed by atoms with Gasteiger partial charge in [-0.05, 0) is 153 Å². The number of anilines is 3. The molecule has 5 heterocycles. The number of fused-ring (bicyclic) bond motifs is 13. The molecule has 0 N–H and O–H groups in total. The monoisotopic (exact) mass is 1010 g/mol. The van der Waals surface area contributed by atoms with E-state index in [1.807, 2.05) is 11.3 Å². The van der Waals surface area contributed by atoms with Gasteiger partial charge in [-0.25, -0.2) is 0 Å². The maximum Gasteiger partial charge on any atom is 0.256 e. The summed E-state index contributed by atoms with van der Waals surface area (Å²) in [7, 11) is 0. The van der Waals surface area contributed by atoms with Crippen molar-refractivity contribution < 1.29 is 4.74 Å². The minimum absolute atomic E-state index is 0.0211. The molecular formula is C70H64BN3OS. The molecule has 374 valence electrons. The average molecular weight is 1010 g/mol. The fourth-order valence-electron chi connectivity index (χ4n) is 12.7. The molecule has 0 radical (unpaired) electrons. The van der Waals surface area contributed by atoms with Gasteiger partial charge in [0.15, 0.2) is 0 Å². The van der Waals surface area contributed by atoms with Crippen molar-refractivity contribution in [1.82, 2.24) is 9.13 Å². The third kappa shape index (κ3) is 7.16. The summed E-state index contributed by atoms with van der Waals surface area (Å²) in [5.41, 5.74) is 19.6. The van der Waals surface area contributed by atoms with Crippen LogP contribution >= 0.6 is 11.3 Å². The van der Waals surface area contributed by atoms with Gasteiger partial charge in [0, 0.05) is 70.5 Å². The molecular weight excluding hydrogens is 942 g/mol. The summed E-state index contributed by atoms with van der Waals surface area (Å²) in [4.78, 5) is 2.65. The third-order valence-corrected chi connectivity index (χ3v) is 18.0. The number of hydrogen-bond acceptors (Lipinski definition) is 3. The van der Waals surface area contributed by atoms with Crippen molar-refractivity contribution >= 4 is 115 Å². The molecule has 0 saturated heterocycles. The van der Waals surface area contributed by atoms with Crippen LogP contribution in [0.25, 0.3) is 75.2 Å². The summed E-state index contributed by atoms with van der Waals surface area (Å²) in [6.07, 6.45) is 3.20. The SMILES string of the molecule is CCCCc1cc2c(cc1N1c3cc(-n4c5ccccc5c5cc(C(C)(C)C)ccc54)ccc3B3c4ccc(-n5c6ccccc6c6cc(C(C)(C)C)ccc65)cc4Oc4cc(C(C)(C)C)cc1c43)sc1ccccc12. The summed E-state index contributed by atoms with van der Waals surface area (Å²) >= 11 is 1.90. The molecule has 12 aromatic rings. The topological polar surface area (TPSA) is 22.3 Å². The van der Waals surface area contributed by atoms with E-state index in [4.69, 9.17) is 4.74 Å². The van der Waals surface area contributed by atoms with Gasteiger partial charge >= 0.3 is 0 Å². The number of benzene rings is 9. The molecule has 6 heteroatoms. The molecule has 0 bridgehead atoms. The number of thiophene rings is 1.